The van der Waals surface area contributed by atoms with Crippen LogP contribution in [0.4, 0.5) is 0 Å². The molecule has 1 atom stereocenters. The third kappa shape index (κ3) is 3.14. The van der Waals surface area contributed by atoms with Crippen LogP contribution >= 0.6 is 0 Å². The Labute approximate surface area is 125 Å². The first-order valence-electron chi connectivity index (χ1n) is 7.55. The highest BCUT2D eigenvalue weighted by molar-refractivity contribution is 5.58. The molecule has 1 aliphatic heterocycles. The van der Waals surface area contributed by atoms with E-state index >= 15 is 0 Å². The van der Waals surface area contributed by atoms with Crippen LogP contribution in [0, 0.1) is 6.92 Å². The van der Waals surface area contributed by atoms with Crippen LogP contribution in [-0.2, 0) is 6.54 Å². The maximum atomic E-state index is 5.44. The number of aromatic nitrogens is 2. The summed E-state index contributed by atoms with van der Waals surface area (Å²) in [6.07, 6.45) is 2.48. The highest BCUT2D eigenvalue weighted by Gasteiger charge is 2.25. The number of likely N-dealkylation sites (tertiary alicyclic amines) is 1. The normalized spacial score (nSPS) is 19.2. The van der Waals surface area contributed by atoms with E-state index in [9.17, 15) is 0 Å². The van der Waals surface area contributed by atoms with Crippen molar-refractivity contribution < 1.29 is 4.52 Å². The van der Waals surface area contributed by atoms with Gasteiger partial charge in [-0.25, -0.2) is 0 Å². The van der Waals surface area contributed by atoms with E-state index in [1.807, 2.05) is 25.2 Å². The first-order valence-corrected chi connectivity index (χ1v) is 7.55. The van der Waals surface area contributed by atoms with E-state index in [0.29, 0.717) is 17.8 Å². The van der Waals surface area contributed by atoms with Crippen LogP contribution in [0.1, 0.15) is 24.3 Å². The van der Waals surface area contributed by atoms with E-state index in [1.165, 1.54) is 18.4 Å². The Morgan fingerprint density at radius 1 is 1.38 bits per heavy atom. The van der Waals surface area contributed by atoms with Gasteiger partial charge in [-0.05, 0) is 38.9 Å². The van der Waals surface area contributed by atoms with Crippen LogP contribution < -0.4 is 5.32 Å². The molecule has 0 saturated carbocycles. The van der Waals surface area contributed by atoms with E-state index in [2.05, 4.69) is 33.3 Å². The van der Waals surface area contributed by atoms with Crippen molar-refractivity contribution in [2.45, 2.75) is 32.4 Å². The van der Waals surface area contributed by atoms with Gasteiger partial charge in [0, 0.05) is 18.2 Å². The number of hydrogen-bond acceptors (Lipinski definition) is 5. The quantitative estimate of drug-likeness (QED) is 0.913. The van der Waals surface area contributed by atoms with Crippen molar-refractivity contribution in [3.8, 4) is 11.4 Å². The zero-order valence-corrected chi connectivity index (χ0v) is 12.7. The van der Waals surface area contributed by atoms with Gasteiger partial charge in [0.05, 0.1) is 6.54 Å². The van der Waals surface area contributed by atoms with Gasteiger partial charge in [0.2, 0.25) is 11.7 Å². The Kier molecular flexibility index (Phi) is 4.31. The summed E-state index contributed by atoms with van der Waals surface area (Å²) in [4.78, 5) is 6.98. The summed E-state index contributed by atoms with van der Waals surface area (Å²) in [7, 11) is 2.00. The Morgan fingerprint density at radius 2 is 2.24 bits per heavy atom. The lowest BCUT2D eigenvalue weighted by Gasteiger charge is -2.22. The summed E-state index contributed by atoms with van der Waals surface area (Å²) in [5.74, 6) is 1.39. The number of likely N-dealkylation sites (N-methyl/N-ethyl adjacent to an activating group) is 1. The van der Waals surface area contributed by atoms with Gasteiger partial charge < -0.3 is 9.84 Å². The average Bonchev–Trinajstić information content (AvgIpc) is 3.11. The topological polar surface area (TPSA) is 54.2 Å². The lowest BCUT2D eigenvalue weighted by molar-refractivity contribution is 0.209. The molecule has 1 unspecified atom stereocenters. The van der Waals surface area contributed by atoms with Gasteiger partial charge >= 0.3 is 0 Å². The zero-order valence-electron chi connectivity index (χ0n) is 12.7. The second kappa shape index (κ2) is 6.37. The third-order valence-electron chi connectivity index (χ3n) is 4.13. The molecular weight excluding hydrogens is 264 g/mol. The lowest BCUT2D eigenvalue weighted by Crippen LogP contribution is -2.36. The van der Waals surface area contributed by atoms with Gasteiger partial charge in [0.1, 0.15) is 0 Å². The molecule has 1 aliphatic rings. The van der Waals surface area contributed by atoms with Gasteiger partial charge in [0.15, 0.2) is 0 Å². The molecular formula is C16H22N4O. The number of aryl methyl sites for hydroxylation is 1. The summed E-state index contributed by atoms with van der Waals surface area (Å²) < 4.78 is 5.44. The predicted molar refractivity (Wildman–Crippen MR) is 81.8 cm³/mol. The molecule has 1 N–H and O–H groups in total. The fraction of sp³-hybridized carbons (Fsp3) is 0.500. The highest BCUT2D eigenvalue weighted by Crippen LogP contribution is 2.22. The zero-order chi connectivity index (χ0) is 14.7. The van der Waals surface area contributed by atoms with Gasteiger partial charge in [-0.2, -0.15) is 4.98 Å². The van der Waals surface area contributed by atoms with Gasteiger partial charge in [-0.15, -0.1) is 0 Å². The Morgan fingerprint density at radius 3 is 3.05 bits per heavy atom. The predicted octanol–water partition coefficient (Wildman–Crippen LogP) is 2.23. The van der Waals surface area contributed by atoms with Crippen LogP contribution in [0.3, 0.4) is 0 Å². The monoisotopic (exact) mass is 286 g/mol. The highest BCUT2D eigenvalue weighted by atomic mass is 16.5. The van der Waals surface area contributed by atoms with E-state index in [0.717, 1.165) is 25.2 Å². The number of nitrogens with one attached hydrogen (secondary N) is 1. The van der Waals surface area contributed by atoms with Crippen LogP contribution in [-0.4, -0.2) is 41.2 Å². The van der Waals surface area contributed by atoms with Crippen molar-refractivity contribution in [3.05, 3.63) is 35.7 Å². The smallest absolute Gasteiger partial charge is 0.241 e. The van der Waals surface area contributed by atoms with Crippen LogP contribution in [0.15, 0.2) is 28.8 Å². The molecule has 2 heterocycles. The number of benzene rings is 1. The molecule has 0 radical (unpaired) electrons. The standard InChI is InChI=1S/C16H22N4O/c1-12-6-3-4-8-14(12)16-18-15(21-19-16)11-20-9-5-7-13(20)10-17-2/h3-4,6,8,13,17H,5,7,9-11H2,1-2H3. The molecule has 1 fully saturated rings. The van der Waals surface area contributed by atoms with Crippen LogP contribution in [0.5, 0.6) is 0 Å². The summed E-state index contributed by atoms with van der Waals surface area (Å²) >= 11 is 0. The van der Waals surface area contributed by atoms with Crippen molar-refractivity contribution in [1.29, 1.82) is 0 Å². The maximum Gasteiger partial charge on any atom is 0.241 e. The van der Waals surface area contributed by atoms with E-state index < -0.39 is 0 Å². The Bertz CT molecular complexity index is 595. The largest absolute Gasteiger partial charge is 0.338 e. The fourth-order valence-corrected chi connectivity index (χ4v) is 3.00. The third-order valence-corrected chi connectivity index (χ3v) is 4.13. The first-order chi connectivity index (χ1) is 10.3. The van der Waals surface area contributed by atoms with Crippen molar-refractivity contribution >= 4 is 0 Å². The van der Waals surface area contributed by atoms with Gasteiger partial charge in [-0.1, -0.05) is 29.4 Å². The second-order valence-corrected chi connectivity index (χ2v) is 5.65. The summed E-state index contributed by atoms with van der Waals surface area (Å²) in [6, 6.07) is 8.69. The summed E-state index contributed by atoms with van der Waals surface area (Å²) in [5, 5.41) is 7.39. The van der Waals surface area contributed by atoms with Gasteiger partial charge in [-0.3, -0.25) is 4.90 Å². The molecule has 2 aromatic rings. The van der Waals surface area contributed by atoms with Crippen molar-refractivity contribution in [2.75, 3.05) is 20.1 Å². The molecule has 112 valence electrons. The molecule has 0 bridgehead atoms. The maximum absolute atomic E-state index is 5.44. The second-order valence-electron chi connectivity index (χ2n) is 5.65. The van der Waals surface area contributed by atoms with E-state index in [-0.39, 0.29) is 0 Å². The molecule has 1 aromatic carbocycles. The number of nitrogens with zero attached hydrogens (tertiary/aromatic N) is 3. The van der Waals surface area contributed by atoms with E-state index in [1.54, 1.807) is 0 Å². The number of hydrogen-bond donors (Lipinski definition) is 1. The Balaban J connectivity index is 1.72. The molecule has 5 nitrogen and oxygen atoms in total. The molecule has 21 heavy (non-hydrogen) atoms. The first kappa shape index (κ1) is 14.2. The minimum atomic E-state index is 0.573. The van der Waals surface area contributed by atoms with Crippen LogP contribution in [0.2, 0.25) is 0 Å². The SMILES string of the molecule is CNCC1CCCN1Cc1nc(-c2ccccc2C)no1. The summed E-state index contributed by atoms with van der Waals surface area (Å²) in [5.41, 5.74) is 2.21. The minimum Gasteiger partial charge on any atom is -0.338 e. The molecule has 1 saturated heterocycles. The van der Waals surface area contributed by atoms with E-state index in [4.69, 9.17) is 4.52 Å². The molecule has 0 spiro atoms. The average molecular weight is 286 g/mol. The lowest BCUT2D eigenvalue weighted by atomic mass is 10.1. The van der Waals surface area contributed by atoms with Crippen LogP contribution in [0.25, 0.3) is 11.4 Å². The minimum absolute atomic E-state index is 0.573. The molecule has 0 amide bonds. The molecule has 1 aromatic heterocycles. The summed E-state index contributed by atoms with van der Waals surface area (Å²) in [6.45, 7) is 4.92. The van der Waals surface area contributed by atoms with Crippen molar-refractivity contribution in [2.24, 2.45) is 0 Å². The molecule has 0 aliphatic carbocycles. The van der Waals surface area contributed by atoms with Crippen molar-refractivity contribution in [1.82, 2.24) is 20.4 Å². The van der Waals surface area contributed by atoms with Gasteiger partial charge in [0.25, 0.3) is 0 Å². The Hall–Kier alpha value is -1.72. The van der Waals surface area contributed by atoms with Crippen molar-refractivity contribution in [3.63, 3.8) is 0 Å². The molecule has 3 rings (SSSR count). The number of rotatable bonds is 5. The molecule has 5 heteroatoms. The fourth-order valence-electron chi connectivity index (χ4n) is 3.00.